The third kappa shape index (κ3) is 2.41. The van der Waals surface area contributed by atoms with Crippen molar-refractivity contribution in [1.82, 2.24) is 19.6 Å². The number of benzene rings is 1. The van der Waals surface area contributed by atoms with Gasteiger partial charge in [-0.2, -0.15) is 9.50 Å². The molecule has 3 aromatic rings. The number of aryl methyl sites for hydroxylation is 1. The van der Waals surface area contributed by atoms with Crippen LogP contribution in [0.3, 0.4) is 0 Å². The Hall–Kier alpha value is -3.55. The summed E-state index contributed by atoms with van der Waals surface area (Å²) in [5, 5.41) is 4.46. The molecule has 0 spiro atoms. The number of allylic oxidation sites excluding steroid dienone is 2. The molecule has 2 aromatic heterocycles. The van der Waals surface area contributed by atoms with Crippen LogP contribution in [0.15, 0.2) is 47.3 Å². The Kier molecular flexibility index (Phi) is 3.55. The highest BCUT2D eigenvalue weighted by Crippen LogP contribution is 2.37. The van der Waals surface area contributed by atoms with Crippen molar-refractivity contribution in [2.24, 2.45) is 11.8 Å². The smallest absolute Gasteiger partial charge is 0.254 e. The lowest BCUT2D eigenvalue weighted by molar-refractivity contribution is -0.122. The van der Waals surface area contributed by atoms with Gasteiger partial charge in [-0.25, -0.2) is 4.90 Å². The van der Waals surface area contributed by atoms with Gasteiger partial charge in [-0.05, 0) is 19.8 Å². The Morgan fingerprint density at radius 3 is 2.29 bits per heavy atom. The van der Waals surface area contributed by atoms with Crippen LogP contribution in [0.25, 0.3) is 17.2 Å². The maximum Gasteiger partial charge on any atom is 0.254 e. The number of H-pyrrole nitrogens is 1. The third-order valence-corrected chi connectivity index (χ3v) is 5.37. The van der Waals surface area contributed by atoms with Gasteiger partial charge in [0.05, 0.1) is 11.8 Å². The van der Waals surface area contributed by atoms with Gasteiger partial charge in [0.25, 0.3) is 5.56 Å². The van der Waals surface area contributed by atoms with Crippen LogP contribution in [0.5, 0.6) is 0 Å². The number of fused-ring (bicyclic) bond motifs is 2. The minimum Gasteiger partial charge on any atom is -0.291 e. The largest absolute Gasteiger partial charge is 0.291 e. The summed E-state index contributed by atoms with van der Waals surface area (Å²) < 4.78 is 1.36. The molecule has 2 aliphatic rings. The fourth-order valence-electron chi connectivity index (χ4n) is 3.89. The van der Waals surface area contributed by atoms with Crippen molar-refractivity contribution in [3.63, 3.8) is 0 Å². The van der Waals surface area contributed by atoms with E-state index in [9.17, 15) is 14.4 Å². The van der Waals surface area contributed by atoms with Crippen LogP contribution in [0, 0.1) is 18.8 Å². The molecule has 5 rings (SSSR count). The second-order valence-electron chi connectivity index (χ2n) is 7.20. The van der Waals surface area contributed by atoms with Crippen molar-refractivity contribution in [2.75, 3.05) is 4.90 Å². The van der Waals surface area contributed by atoms with E-state index in [1.165, 1.54) is 10.6 Å². The van der Waals surface area contributed by atoms with E-state index in [0.717, 1.165) is 16.0 Å². The summed E-state index contributed by atoms with van der Waals surface area (Å²) in [6, 6.07) is 8.87. The molecule has 1 N–H and O–H groups in total. The molecule has 1 aliphatic heterocycles. The molecular formula is C20H17N5O3. The Balaban J connectivity index is 1.65. The van der Waals surface area contributed by atoms with Gasteiger partial charge in [-0.1, -0.05) is 42.0 Å². The predicted octanol–water partition coefficient (Wildman–Crippen LogP) is 1.85. The molecule has 140 valence electrons. The summed E-state index contributed by atoms with van der Waals surface area (Å²) in [6.07, 6.45) is 4.91. The average Bonchev–Trinajstić information content (AvgIpc) is 3.22. The van der Waals surface area contributed by atoms with Crippen LogP contribution in [0.1, 0.15) is 18.4 Å². The van der Waals surface area contributed by atoms with Gasteiger partial charge in [0.2, 0.25) is 17.6 Å². The Labute approximate surface area is 159 Å². The Morgan fingerprint density at radius 1 is 1.00 bits per heavy atom. The number of rotatable bonds is 2. The second kappa shape index (κ2) is 5.98. The fraction of sp³-hybridized carbons (Fsp3) is 0.250. The van der Waals surface area contributed by atoms with Gasteiger partial charge in [0.1, 0.15) is 0 Å². The number of carbonyl (C=O) groups is 2. The lowest BCUT2D eigenvalue weighted by Gasteiger charge is -2.14. The molecule has 2 atom stereocenters. The third-order valence-electron chi connectivity index (χ3n) is 5.37. The van der Waals surface area contributed by atoms with Crippen LogP contribution in [0.2, 0.25) is 0 Å². The van der Waals surface area contributed by atoms with Gasteiger partial charge >= 0.3 is 0 Å². The molecule has 2 amide bonds. The first-order chi connectivity index (χ1) is 13.5. The minimum absolute atomic E-state index is 0.133. The molecule has 0 saturated carbocycles. The number of carbonyl (C=O) groups excluding carboxylic acids is 2. The van der Waals surface area contributed by atoms with E-state index in [4.69, 9.17) is 0 Å². The van der Waals surface area contributed by atoms with Crippen molar-refractivity contribution >= 4 is 23.4 Å². The SMILES string of the molecule is Cc1ccc(-c2nc3[nH]c(=O)cc(N4C(=O)C5CC=CCC5C4=O)n3n2)cc1. The van der Waals surface area contributed by atoms with E-state index in [-0.39, 0.29) is 35.2 Å². The topological polar surface area (TPSA) is 100 Å². The van der Waals surface area contributed by atoms with E-state index < -0.39 is 5.56 Å². The Bertz CT molecular complexity index is 1180. The monoisotopic (exact) mass is 375 g/mol. The van der Waals surface area contributed by atoms with E-state index in [0.29, 0.717) is 18.7 Å². The molecule has 1 aromatic carbocycles. The number of hydrogen-bond donors (Lipinski definition) is 1. The van der Waals surface area contributed by atoms with Crippen LogP contribution >= 0.6 is 0 Å². The molecule has 2 unspecified atom stereocenters. The molecule has 0 bridgehead atoms. The first-order valence-electron chi connectivity index (χ1n) is 9.13. The molecular weight excluding hydrogens is 358 g/mol. The zero-order valence-electron chi connectivity index (χ0n) is 15.1. The normalized spacial score (nSPS) is 21.5. The zero-order valence-corrected chi connectivity index (χ0v) is 15.1. The van der Waals surface area contributed by atoms with E-state index in [2.05, 4.69) is 15.1 Å². The molecule has 1 saturated heterocycles. The molecule has 8 heteroatoms. The fourth-order valence-corrected chi connectivity index (χ4v) is 3.89. The molecule has 0 radical (unpaired) electrons. The number of imide groups is 1. The lowest BCUT2D eigenvalue weighted by Crippen LogP contribution is -2.34. The maximum atomic E-state index is 12.9. The van der Waals surface area contributed by atoms with Gasteiger partial charge in [-0.15, -0.1) is 5.10 Å². The maximum absolute atomic E-state index is 12.9. The van der Waals surface area contributed by atoms with Crippen molar-refractivity contribution < 1.29 is 9.59 Å². The number of nitrogens with zero attached hydrogens (tertiary/aromatic N) is 4. The van der Waals surface area contributed by atoms with Crippen molar-refractivity contribution in [3.05, 3.63) is 58.4 Å². The number of nitrogens with one attached hydrogen (secondary N) is 1. The van der Waals surface area contributed by atoms with E-state index >= 15 is 0 Å². The van der Waals surface area contributed by atoms with E-state index in [1.54, 1.807) is 0 Å². The molecule has 3 heterocycles. The highest BCUT2D eigenvalue weighted by atomic mass is 16.2. The molecule has 28 heavy (non-hydrogen) atoms. The Morgan fingerprint density at radius 2 is 1.64 bits per heavy atom. The molecule has 8 nitrogen and oxygen atoms in total. The quantitative estimate of drug-likeness (QED) is 0.544. The number of aromatic amines is 1. The van der Waals surface area contributed by atoms with Crippen LogP contribution in [0.4, 0.5) is 5.82 Å². The highest BCUT2D eigenvalue weighted by Gasteiger charge is 2.48. The van der Waals surface area contributed by atoms with Crippen molar-refractivity contribution in [1.29, 1.82) is 0 Å². The van der Waals surface area contributed by atoms with Gasteiger partial charge in [0.15, 0.2) is 11.6 Å². The summed E-state index contributed by atoms with van der Waals surface area (Å²) in [5.74, 6) is -0.627. The van der Waals surface area contributed by atoms with Crippen LogP contribution in [-0.4, -0.2) is 31.4 Å². The van der Waals surface area contributed by atoms with Gasteiger partial charge in [0, 0.05) is 11.6 Å². The van der Waals surface area contributed by atoms with Crippen molar-refractivity contribution in [3.8, 4) is 11.4 Å². The van der Waals surface area contributed by atoms with Crippen molar-refractivity contribution in [2.45, 2.75) is 19.8 Å². The number of hydrogen-bond acceptors (Lipinski definition) is 5. The first kappa shape index (κ1) is 16.6. The standard InChI is InChI=1S/C20H17N5O3/c1-11-6-8-12(9-7-11)17-22-20-21-15(26)10-16(25(20)23-17)24-18(27)13-4-2-3-5-14(13)19(24)28/h2-3,6-10,13-14H,4-5H2,1H3,(H,21,22,23,26). The average molecular weight is 375 g/mol. The van der Waals surface area contributed by atoms with Gasteiger partial charge in [-0.3, -0.25) is 19.4 Å². The molecule has 1 aliphatic carbocycles. The zero-order chi connectivity index (χ0) is 19.4. The van der Waals surface area contributed by atoms with Gasteiger partial charge < -0.3 is 0 Å². The predicted molar refractivity (Wildman–Crippen MR) is 102 cm³/mol. The first-order valence-corrected chi connectivity index (χ1v) is 9.13. The number of anilines is 1. The highest BCUT2D eigenvalue weighted by molar-refractivity contribution is 6.21. The molecule has 1 fully saturated rings. The lowest BCUT2D eigenvalue weighted by atomic mass is 9.85. The van der Waals surface area contributed by atoms with Crippen LogP contribution < -0.4 is 10.5 Å². The summed E-state index contributed by atoms with van der Waals surface area (Å²) in [5.41, 5.74) is 1.43. The summed E-state index contributed by atoms with van der Waals surface area (Å²) in [4.78, 5) is 46.1. The summed E-state index contributed by atoms with van der Waals surface area (Å²) in [6.45, 7) is 1.98. The number of amides is 2. The second-order valence-corrected chi connectivity index (χ2v) is 7.20. The van der Waals surface area contributed by atoms with E-state index in [1.807, 2.05) is 43.3 Å². The summed E-state index contributed by atoms with van der Waals surface area (Å²) in [7, 11) is 0. The number of aromatic nitrogens is 4. The minimum atomic E-state index is -0.445. The van der Waals surface area contributed by atoms with Crippen LogP contribution in [-0.2, 0) is 9.59 Å². The summed E-state index contributed by atoms with van der Waals surface area (Å²) >= 11 is 0.